The van der Waals surface area contributed by atoms with Crippen LogP contribution in [-0.2, 0) is 25.7 Å². The molecule has 1 aromatic carbocycles. The van der Waals surface area contributed by atoms with Gasteiger partial charge in [0, 0.05) is 38.8 Å². The van der Waals surface area contributed by atoms with E-state index >= 15 is 0 Å². The highest BCUT2D eigenvalue weighted by atomic mass is 16.5. The summed E-state index contributed by atoms with van der Waals surface area (Å²) in [7, 11) is 0. The Morgan fingerprint density at radius 2 is 1.82 bits per heavy atom. The molecule has 1 aromatic rings. The van der Waals surface area contributed by atoms with Gasteiger partial charge in [-0.25, -0.2) is 0 Å². The van der Waals surface area contributed by atoms with E-state index in [1.54, 1.807) is 26.9 Å². The van der Waals surface area contributed by atoms with Crippen molar-refractivity contribution >= 4 is 17.7 Å². The minimum Gasteiger partial charge on any atom is -0.396 e. The van der Waals surface area contributed by atoms with Gasteiger partial charge in [0.2, 0.25) is 17.7 Å². The lowest BCUT2D eigenvalue weighted by Gasteiger charge is -2.38. The predicted octanol–water partition coefficient (Wildman–Crippen LogP) is 3.16. The predicted molar refractivity (Wildman–Crippen MR) is 149 cm³/mol. The van der Waals surface area contributed by atoms with Crippen molar-refractivity contribution in [3.8, 4) is 0 Å². The van der Waals surface area contributed by atoms with Crippen LogP contribution in [0.2, 0.25) is 0 Å². The number of aliphatic hydroxyl groups excluding tert-OH is 1. The summed E-state index contributed by atoms with van der Waals surface area (Å²) < 4.78 is 6.77. The Morgan fingerprint density at radius 3 is 2.44 bits per heavy atom. The fourth-order valence-corrected chi connectivity index (χ4v) is 6.96. The fraction of sp³-hybridized carbons (Fsp3) is 0.581. The summed E-state index contributed by atoms with van der Waals surface area (Å²) in [5, 5.41) is 9.39. The summed E-state index contributed by atoms with van der Waals surface area (Å²) in [4.78, 5) is 47.8. The molecule has 3 aliphatic heterocycles. The van der Waals surface area contributed by atoms with Gasteiger partial charge in [0.05, 0.1) is 17.4 Å². The lowest BCUT2D eigenvalue weighted by molar-refractivity contribution is -0.154. The van der Waals surface area contributed by atoms with Crippen LogP contribution < -0.4 is 0 Å². The molecule has 3 aliphatic rings. The number of rotatable bonds is 13. The third kappa shape index (κ3) is 5.05. The topological polar surface area (TPSA) is 90.4 Å². The smallest absolute Gasteiger partial charge is 0.248 e. The summed E-state index contributed by atoms with van der Waals surface area (Å²) in [6.45, 7) is 14.9. The van der Waals surface area contributed by atoms with Gasteiger partial charge in [0.15, 0.2) is 0 Å². The maximum atomic E-state index is 14.3. The van der Waals surface area contributed by atoms with E-state index in [1.807, 2.05) is 51.1 Å². The number of hydrogen-bond donors (Lipinski definition) is 1. The highest BCUT2D eigenvalue weighted by Gasteiger charge is 2.78. The molecule has 0 saturated carbocycles. The minimum atomic E-state index is -1.07. The molecule has 1 spiro atoms. The van der Waals surface area contributed by atoms with Gasteiger partial charge < -0.3 is 24.5 Å². The second-order valence-corrected chi connectivity index (χ2v) is 11.6. The summed E-state index contributed by atoms with van der Waals surface area (Å²) in [6, 6.07) is 8.84. The average Bonchev–Trinajstić information content (AvgIpc) is 3.47. The molecule has 2 bridgehead atoms. The maximum absolute atomic E-state index is 14.3. The van der Waals surface area contributed by atoms with Gasteiger partial charge in [0.25, 0.3) is 0 Å². The van der Waals surface area contributed by atoms with Crippen molar-refractivity contribution in [2.24, 2.45) is 11.8 Å². The Hall–Kier alpha value is -2.97. The molecule has 4 rings (SSSR count). The SMILES string of the molecule is C=CCN(Cc1ccccc1)C(=O)[C@@H]1[C@H]2C(=O)N(CCCCO)C(C(=O)N(CC=C)C(C)C)C23CC[C@@]1(C)O3. The van der Waals surface area contributed by atoms with Crippen LogP contribution in [0.25, 0.3) is 0 Å². The zero-order valence-corrected chi connectivity index (χ0v) is 23.6. The van der Waals surface area contributed by atoms with Crippen molar-refractivity contribution in [1.82, 2.24) is 14.7 Å². The van der Waals surface area contributed by atoms with Crippen molar-refractivity contribution < 1.29 is 24.2 Å². The largest absolute Gasteiger partial charge is 0.396 e. The first kappa shape index (κ1) is 29.0. The number of aliphatic hydroxyl groups is 1. The van der Waals surface area contributed by atoms with Crippen LogP contribution in [0, 0.1) is 11.8 Å². The molecule has 212 valence electrons. The monoisotopic (exact) mass is 537 g/mol. The molecule has 0 radical (unpaired) electrons. The molecule has 5 atom stereocenters. The van der Waals surface area contributed by atoms with Crippen LogP contribution in [0.5, 0.6) is 0 Å². The van der Waals surface area contributed by atoms with Gasteiger partial charge in [-0.3, -0.25) is 14.4 Å². The van der Waals surface area contributed by atoms with Gasteiger partial charge >= 0.3 is 0 Å². The van der Waals surface area contributed by atoms with E-state index in [0.717, 1.165) is 5.56 Å². The fourth-order valence-electron chi connectivity index (χ4n) is 6.96. The van der Waals surface area contributed by atoms with Gasteiger partial charge in [-0.2, -0.15) is 0 Å². The van der Waals surface area contributed by atoms with Crippen LogP contribution in [0.15, 0.2) is 55.6 Å². The third-order valence-corrected chi connectivity index (χ3v) is 8.69. The van der Waals surface area contributed by atoms with Crippen molar-refractivity contribution in [2.45, 2.75) is 76.3 Å². The van der Waals surface area contributed by atoms with Gasteiger partial charge in [0.1, 0.15) is 11.6 Å². The number of amides is 3. The molecule has 3 fully saturated rings. The standard InChI is InChI=1S/C31H43N3O5/c1-6-17-32(21-23-13-9-8-10-14-23)27(36)24-25-28(37)34(19-11-12-20-35)26(29(38)33(18-7-2)22(3)4)31(25)16-15-30(24,5)39-31/h6-10,13-14,22,24-26,35H,1-2,11-12,15-21H2,3-5H3/t24-,25-,26?,30+,31?/m0/s1. The van der Waals surface area contributed by atoms with E-state index in [-0.39, 0.29) is 30.4 Å². The molecule has 1 N–H and O–H groups in total. The van der Waals surface area contributed by atoms with E-state index in [2.05, 4.69) is 13.2 Å². The number of unbranched alkanes of at least 4 members (excludes halogenated alkanes) is 1. The Bertz CT molecular complexity index is 1090. The zero-order chi connectivity index (χ0) is 28.4. The molecule has 0 aromatic heterocycles. The number of nitrogens with zero attached hydrogens (tertiary/aromatic N) is 3. The first-order chi connectivity index (χ1) is 18.6. The first-order valence-electron chi connectivity index (χ1n) is 14.1. The van der Waals surface area contributed by atoms with Crippen LogP contribution >= 0.6 is 0 Å². The van der Waals surface area contributed by atoms with Crippen molar-refractivity contribution in [3.63, 3.8) is 0 Å². The normalized spacial score (nSPS) is 29.0. The van der Waals surface area contributed by atoms with Crippen LogP contribution in [0.1, 0.15) is 52.0 Å². The highest BCUT2D eigenvalue weighted by molar-refractivity contribution is 5.99. The number of likely N-dealkylation sites (tertiary alicyclic amines) is 1. The number of carbonyl (C=O) groups excluding carboxylic acids is 3. The second kappa shape index (κ2) is 11.6. The summed E-state index contributed by atoms with van der Waals surface area (Å²) in [5.41, 5.74) is -0.918. The van der Waals surface area contributed by atoms with Crippen molar-refractivity contribution in [1.29, 1.82) is 0 Å². The minimum absolute atomic E-state index is 0.00940. The Kier molecular flexibility index (Phi) is 8.66. The molecule has 8 nitrogen and oxygen atoms in total. The lowest BCUT2D eigenvalue weighted by atomic mass is 9.66. The molecule has 2 unspecified atom stereocenters. The van der Waals surface area contributed by atoms with E-state index < -0.39 is 29.1 Å². The molecular formula is C31H43N3O5. The number of hydrogen-bond acceptors (Lipinski definition) is 5. The Morgan fingerprint density at radius 1 is 1.13 bits per heavy atom. The lowest BCUT2D eigenvalue weighted by Crippen LogP contribution is -2.57. The number of ether oxygens (including phenoxy) is 1. The molecule has 8 heteroatoms. The quantitative estimate of drug-likeness (QED) is 0.308. The molecule has 0 aliphatic carbocycles. The van der Waals surface area contributed by atoms with Gasteiger partial charge in [-0.05, 0) is 52.0 Å². The number of fused-ring (bicyclic) bond motifs is 1. The van der Waals surface area contributed by atoms with E-state index in [1.165, 1.54) is 0 Å². The summed E-state index contributed by atoms with van der Waals surface area (Å²) >= 11 is 0. The van der Waals surface area contributed by atoms with Gasteiger partial charge in [-0.1, -0.05) is 42.5 Å². The molecule has 3 heterocycles. The second-order valence-electron chi connectivity index (χ2n) is 11.6. The molecule has 3 amide bonds. The maximum Gasteiger partial charge on any atom is 0.248 e. The molecule has 3 saturated heterocycles. The summed E-state index contributed by atoms with van der Waals surface area (Å²) in [6.07, 6.45) is 5.61. The molecule has 39 heavy (non-hydrogen) atoms. The summed E-state index contributed by atoms with van der Waals surface area (Å²) in [5.74, 6) is -1.96. The number of benzene rings is 1. The highest BCUT2D eigenvalue weighted by Crippen LogP contribution is 2.63. The van der Waals surface area contributed by atoms with Crippen LogP contribution in [0.4, 0.5) is 0 Å². The van der Waals surface area contributed by atoms with Crippen LogP contribution in [0.3, 0.4) is 0 Å². The van der Waals surface area contributed by atoms with Crippen molar-refractivity contribution in [3.05, 3.63) is 61.2 Å². The third-order valence-electron chi connectivity index (χ3n) is 8.69. The van der Waals surface area contributed by atoms with E-state index in [4.69, 9.17) is 4.74 Å². The number of carbonyl (C=O) groups is 3. The van der Waals surface area contributed by atoms with Crippen molar-refractivity contribution in [2.75, 3.05) is 26.2 Å². The van der Waals surface area contributed by atoms with E-state index in [9.17, 15) is 19.5 Å². The molecular weight excluding hydrogens is 494 g/mol. The Labute approximate surface area is 232 Å². The van der Waals surface area contributed by atoms with Gasteiger partial charge in [-0.15, -0.1) is 13.2 Å². The zero-order valence-electron chi connectivity index (χ0n) is 23.6. The average molecular weight is 538 g/mol. The van der Waals surface area contributed by atoms with Crippen LogP contribution in [-0.4, -0.2) is 87.1 Å². The Balaban J connectivity index is 1.74. The van der Waals surface area contributed by atoms with E-state index in [0.29, 0.717) is 51.9 Å². The first-order valence-corrected chi connectivity index (χ1v) is 14.1.